The SMILES string of the molecule is C[C@](O)(CNC(=O)/C=C/c1ccccc1)Cc1ccco1. The third-order valence-electron chi connectivity index (χ3n) is 3.01. The van der Waals surface area contributed by atoms with E-state index in [9.17, 15) is 9.90 Å². The number of amides is 1. The first-order chi connectivity index (χ1) is 10.1. The van der Waals surface area contributed by atoms with Crippen LogP contribution in [0.4, 0.5) is 0 Å². The van der Waals surface area contributed by atoms with Crippen LogP contribution in [-0.4, -0.2) is 23.2 Å². The molecule has 0 saturated carbocycles. The summed E-state index contributed by atoms with van der Waals surface area (Å²) in [5, 5.41) is 12.9. The lowest BCUT2D eigenvalue weighted by Crippen LogP contribution is -2.41. The molecule has 2 aromatic rings. The van der Waals surface area contributed by atoms with Gasteiger partial charge >= 0.3 is 0 Å². The summed E-state index contributed by atoms with van der Waals surface area (Å²) in [7, 11) is 0. The van der Waals surface area contributed by atoms with E-state index in [2.05, 4.69) is 5.32 Å². The highest BCUT2D eigenvalue weighted by Crippen LogP contribution is 2.12. The van der Waals surface area contributed by atoms with Crippen LogP contribution in [0.2, 0.25) is 0 Å². The molecule has 0 fully saturated rings. The van der Waals surface area contributed by atoms with E-state index in [1.807, 2.05) is 30.3 Å². The minimum atomic E-state index is -1.05. The quantitative estimate of drug-likeness (QED) is 0.801. The second-order valence-electron chi connectivity index (χ2n) is 5.21. The highest BCUT2D eigenvalue weighted by atomic mass is 16.3. The summed E-state index contributed by atoms with van der Waals surface area (Å²) < 4.78 is 5.19. The molecule has 0 unspecified atom stereocenters. The molecule has 1 heterocycles. The van der Waals surface area contributed by atoms with Crippen molar-refractivity contribution in [2.24, 2.45) is 0 Å². The molecule has 0 aliphatic rings. The summed E-state index contributed by atoms with van der Waals surface area (Å²) in [6, 6.07) is 13.1. The fraction of sp³-hybridized carbons (Fsp3) is 0.235. The van der Waals surface area contributed by atoms with Crippen LogP contribution in [0, 0.1) is 0 Å². The van der Waals surface area contributed by atoms with E-state index >= 15 is 0 Å². The predicted octanol–water partition coefficient (Wildman–Crippen LogP) is 2.40. The molecule has 1 amide bonds. The van der Waals surface area contributed by atoms with Crippen LogP contribution in [0.5, 0.6) is 0 Å². The molecule has 2 N–H and O–H groups in total. The Bertz CT molecular complexity index is 586. The van der Waals surface area contributed by atoms with Crippen LogP contribution in [0.3, 0.4) is 0 Å². The van der Waals surface area contributed by atoms with Gasteiger partial charge in [0.25, 0.3) is 0 Å². The van der Waals surface area contributed by atoms with Crippen molar-refractivity contribution in [3.63, 3.8) is 0 Å². The van der Waals surface area contributed by atoms with E-state index in [-0.39, 0.29) is 12.5 Å². The second kappa shape index (κ2) is 6.90. The molecule has 0 aliphatic heterocycles. The Kier molecular flexibility index (Phi) is 4.95. The van der Waals surface area contributed by atoms with Crippen molar-refractivity contribution in [1.82, 2.24) is 5.32 Å². The van der Waals surface area contributed by atoms with Gasteiger partial charge in [-0.15, -0.1) is 0 Å². The van der Waals surface area contributed by atoms with Crippen molar-refractivity contribution in [1.29, 1.82) is 0 Å². The van der Waals surface area contributed by atoms with Crippen LogP contribution in [0.25, 0.3) is 6.08 Å². The molecule has 0 radical (unpaired) electrons. The zero-order valence-electron chi connectivity index (χ0n) is 12.0. The topological polar surface area (TPSA) is 62.5 Å². The van der Waals surface area contributed by atoms with Crippen molar-refractivity contribution in [2.75, 3.05) is 6.54 Å². The molecule has 0 spiro atoms. The molecule has 2 rings (SSSR count). The fourth-order valence-corrected chi connectivity index (χ4v) is 1.92. The Morgan fingerprint density at radius 3 is 2.71 bits per heavy atom. The van der Waals surface area contributed by atoms with Crippen LogP contribution < -0.4 is 5.32 Å². The molecule has 4 heteroatoms. The maximum absolute atomic E-state index is 11.7. The highest BCUT2D eigenvalue weighted by Gasteiger charge is 2.22. The molecule has 1 aromatic heterocycles. The number of nitrogens with one attached hydrogen (secondary N) is 1. The minimum absolute atomic E-state index is 0.158. The zero-order chi connectivity index (χ0) is 15.1. The van der Waals surface area contributed by atoms with Gasteiger partial charge in [0.05, 0.1) is 11.9 Å². The van der Waals surface area contributed by atoms with Gasteiger partial charge in [-0.2, -0.15) is 0 Å². The van der Waals surface area contributed by atoms with Crippen molar-refractivity contribution in [3.8, 4) is 0 Å². The van der Waals surface area contributed by atoms with Gasteiger partial charge in [0, 0.05) is 19.0 Å². The number of rotatable bonds is 6. The van der Waals surface area contributed by atoms with E-state index in [0.29, 0.717) is 12.2 Å². The number of carbonyl (C=O) groups excluding carboxylic acids is 1. The fourth-order valence-electron chi connectivity index (χ4n) is 1.92. The summed E-state index contributed by atoms with van der Waals surface area (Å²) in [6.45, 7) is 1.82. The summed E-state index contributed by atoms with van der Waals surface area (Å²) in [5.74, 6) is 0.452. The molecule has 21 heavy (non-hydrogen) atoms. The van der Waals surface area contributed by atoms with Gasteiger partial charge in [-0.3, -0.25) is 4.79 Å². The van der Waals surface area contributed by atoms with Crippen LogP contribution in [0.1, 0.15) is 18.2 Å². The van der Waals surface area contributed by atoms with Crippen LogP contribution >= 0.6 is 0 Å². The molecule has 110 valence electrons. The van der Waals surface area contributed by atoms with Gasteiger partial charge < -0.3 is 14.8 Å². The maximum atomic E-state index is 11.7. The molecule has 0 aliphatic carbocycles. The van der Waals surface area contributed by atoms with E-state index in [1.165, 1.54) is 6.08 Å². The average Bonchev–Trinajstić information content (AvgIpc) is 2.96. The van der Waals surface area contributed by atoms with Gasteiger partial charge in [0.15, 0.2) is 0 Å². The molecule has 0 saturated heterocycles. The predicted molar refractivity (Wildman–Crippen MR) is 81.5 cm³/mol. The maximum Gasteiger partial charge on any atom is 0.244 e. The molecule has 4 nitrogen and oxygen atoms in total. The number of carbonyl (C=O) groups is 1. The van der Waals surface area contributed by atoms with Crippen molar-refractivity contribution < 1.29 is 14.3 Å². The lowest BCUT2D eigenvalue weighted by Gasteiger charge is -2.22. The van der Waals surface area contributed by atoms with E-state index in [1.54, 1.807) is 31.4 Å². The molecule has 1 aromatic carbocycles. The number of benzene rings is 1. The number of hydrogen-bond acceptors (Lipinski definition) is 3. The Morgan fingerprint density at radius 1 is 1.29 bits per heavy atom. The van der Waals surface area contributed by atoms with Gasteiger partial charge in [0.2, 0.25) is 5.91 Å². The number of furan rings is 1. The van der Waals surface area contributed by atoms with Crippen LogP contribution in [0.15, 0.2) is 59.2 Å². The monoisotopic (exact) mass is 285 g/mol. The first-order valence-electron chi connectivity index (χ1n) is 6.81. The van der Waals surface area contributed by atoms with E-state index in [0.717, 1.165) is 5.56 Å². The first kappa shape index (κ1) is 15.1. The molecule has 1 atom stereocenters. The summed E-state index contributed by atoms with van der Waals surface area (Å²) in [4.78, 5) is 11.7. The van der Waals surface area contributed by atoms with Gasteiger partial charge in [0.1, 0.15) is 5.76 Å². The lowest BCUT2D eigenvalue weighted by atomic mass is 10.0. The Balaban J connectivity index is 1.81. The van der Waals surface area contributed by atoms with Crippen molar-refractivity contribution >= 4 is 12.0 Å². The van der Waals surface area contributed by atoms with Crippen molar-refractivity contribution in [3.05, 3.63) is 66.1 Å². The second-order valence-corrected chi connectivity index (χ2v) is 5.21. The smallest absolute Gasteiger partial charge is 0.244 e. The number of hydrogen-bond donors (Lipinski definition) is 2. The van der Waals surface area contributed by atoms with Crippen molar-refractivity contribution in [2.45, 2.75) is 18.9 Å². The molecule has 0 bridgehead atoms. The normalized spacial score (nSPS) is 14.0. The third-order valence-corrected chi connectivity index (χ3v) is 3.01. The summed E-state index contributed by atoms with van der Waals surface area (Å²) in [6.07, 6.45) is 5.10. The van der Waals surface area contributed by atoms with Gasteiger partial charge in [-0.25, -0.2) is 0 Å². The lowest BCUT2D eigenvalue weighted by molar-refractivity contribution is -0.117. The Hall–Kier alpha value is -2.33. The Morgan fingerprint density at radius 2 is 2.05 bits per heavy atom. The standard InChI is InChI=1S/C17H19NO3/c1-17(20,12-15-8-5-11-21-15)13-18-16(19)10-9-14-6-3-2-4-7-14/h2-11,20H,12-13H2,1H3,(H,18,19)/b10-9+/t17-/m1/s1. The summed E-state index contributed by atoms with van der Waals surface area (Å²) >= 11 is 0. The molecular weight excluding hydrogens is 266 g/mol. The van der Waals surface area contributed by atoms with Crippen LogP contribution in [-0.2, 0) is 11.2 Å². The first-order valence-corrected chi connectivity index (χ1v) is 6.81. The Labute approximate surface area is 124 Å². The van der Waals surface area contributed by atoms with E-state index in [4.69, 9.17) is 4.42 Å². The zero-order valence-corrected chi connectivity index (χ0v) is 12.0. The number of aliphatic hydroxyl groups is 1. The molecular formula is C17H19NO3. The highest BCUT2D eigenvalue weighted by molar-refractivity contribution is 5.91. The third kappa shape index (κ3) is 5.28. The largest absolute Gasteiger partial charge is 0.469 e. The van der Waals surface area contributed by atoms with Gasteiger partial charge in [-0.1, -0.05) is 30.3 Å². The average molecular weight is 285 g/mol. The summed E-state index contributed by atoms with van der Waals surface area (Å²) in [5.41, 5.74) is -0.0938. The van der Waals surface area contributed by atoms with Gasteiger partial charge in [-0.05, 0) is 30.7 Å². The van der Waals surface area contributed by atoms with E-state index < -0.39 is 5.60 Å². The minimum Gasteiger partial charge on any atom is -0.469 e.